The van der Waals surface area contributed by atoms with Gasteiger partial charge >= 0.3 is 5.97 Å². The standard InChI is InChI=1S/C24H37ClO4/c1-13-9-16-18-6-5-17(14(2)26)24(18,4)11-20(29-21(28)12-25)22(16)23(3)8-7-15(27)10-19(13)23/h13,15-20,22,27H,5-12H2,1-4H3/t13-,15-,16+,17-,18+,19-,20+,22-,23+,24-/m1/s1. The Hall–Kier alpha value is -0.610. The summed E-state index contributed by atoms with van der Waals surface area (Å²) in [7, 11) is 0. The van der Waals surface area contributed by atoms with Gasteiger partial charge in [0, 0.05) is 11.8 Å². The van der Waals surface area contributed by atoms with Crippen LogP contribution in [0.3, 0.4) is 0 Å². The number of hydrogen-bond acceptors (Lipinski definition) is 4. The Bertz CT molecular complexity index is 680. The second kappa shape index (κ2) is 7.51. The predicted octanol–water partition coefficient (Wildman–Crippen LogP) is 4.60. The summed E-state index contributed by atoms with van der Waals surface area (Å²) in [5, 5.41) is 10.4. The maximum atomic E-state index is 12.5. The van der Waals surface area contributed by atoms with Crippen LogP contribution in [0.1, 0.15) is 72.6 Å². The topological polar surface area (TPSA) is 63.6 Å². The fraction of sp³-hybridized carbons (Fsp3) is 0.917. The lowest BCUT2D eigenvalue weighted by Crippen LogP contribution is -2.61. The second-order valence-corrected chi connectivity index (χ2v) is 11.4. The molecule has 4 aliphatic rings. The molecule has 0 amide bonds. The number of alkyl halides is 1. The molecule has 164 valence electrons. The Morgan fingerprint density at radius 1 is 1.10 bits per heavy atom. The molecule has 10 atom stereocenters. The number of Topliss-reactive ketones (excluding diaryl/α,β-unsaturated/α-hetero) is 1. The first-order valence-electron chi connectivity index (χ1n) is 11.6. The number of carbonyl (C=O) groups is 2. The molecule has 0 aromatic rings. The van der Waals surface area contributed by atoms with Crippen molar-refractivity contribution >= 4 is 23.4 Å². The molecule has 0 saturated heterocycles. The van der Waals surface area contributed by atoms with Gasteiger partial charge in [0.25, 0.3) is 0 Å². The van der Waals surface area contributed by atoms with Crippen molar-refractivity contribution < 1.29 is 19.4 Å². The third-order valence-corrected chi connectivity index (χ3v) is 10.0. The molecule has 4 fully saturated rings. The molecule has 29 heavy (non-hydrogen) atoms. The van der Waals surface area contributed by atoms with Gasteiger partial charge in [0.05, 0.1) is 6.10 Å². The van der Waals surface area contributed by atoms with Crippen LogP contribution in [0.2, 0.25) is 0 Å². The smallest absolute Gasteiger partial charge is 0.321 e. The minimum absolute atomic E-state index is 0.0640. The highest BCUT2D eigenvalue weighted by atomic mass is 35.5. The summed E-state index contributed by atoms with van der Waals surface area (Å²) in [6.07, 6.45) is 6.23. The summed E-state index contributed by atoms with van der Waals surface area (Å²) in [6, 6.07) is 0. The van der Waals surface area contributed by atoms with E-state index in [4.69, 9.17) is 16.3 Å². The summed E-state index contributed by atoms with van der Waals surface area (Å²) >= 11 is 5.82. The van der Waals surface area contributed by atoms with Gasteiger partial charge in [0.15, 0.2) is 0 Å². The summed E-state index contributed by atoms with van der Waals surface area (Å²) < 4.78 is 6.04. The van der Waals surface area contributed by atoms with Crippen molar-refractivity contribution in [3.8, 4) is 0 Å². The van der Waals surface area contributed by atoms with E-state index >= 15 is 0 Å². The normalized spacial score (nSPS) is 51.5. The van der Waals surface area contributed by atoms with Crippen LogP contribution in [0.15, 0.2) is 0 Å². The van der Waals surface area contributed by atoms with Crippen LogP contribution in [-0.4, -0.2) is 34.9 Å². The van der Waals surface area contributed by atoms with Crippen molar-refractivity contribution in [1.29, 1.82) is 0 Å². The lowest BCUT2D eigenvalue weighted by Gasteiger charge is -2.64. The Labute approximate surface area is 180 Å². The number of esters is 1. The van der Waals surface area contributed by atoms with E-state index in [1.165, 1.54) is 0 Å². The molecular weight excluding hydrogens is 388 g/mol. The summed E-state index contributed by atoms with van der Waals surface area (Å²) in [5.74, 6) is 2.16. The molecule has 4 aliphatic carbocycles. The van der Waals surface area contributed by atoms with Gasteiger partial charge < -0.3 is 9.84 Å². The third-order valence-electron chi connectivity index (χ3n) is 9.79. The Kier molecular flexibility index (Phi) is 5.60. The lowest BCUT2D eigenvalue weighted by atomic mass is 9.42. The largest absolute Gasteiger partial charge is 0.461 e. The quantitative estimate of drug-likeness (QED) is 0.531. The molecule has 4 nitrogen and oxygen atoms in total. The zero-order valence-electron chi connectivity index (χ0n) is 18.3. The molecule has 4 rings (SSSR count). The molecule has 0 aromatic carbocycles. The molecule has 0 radical (unpaired) electrons. The first kappa shape index (κ1) is 21.6. The number of rotatable bonds is 3. The number of aliphatic hydroxyl groups excluding tert-OH is 1. The SMILES string of the molecule is CC(=O)[C@H]1CC[C@H]2[C@@H]3C[C@@H](C)[C@H]4C[C@H](O)CC[C@]4(C)[C@H]3[C@@H](OC(=O)CCl)C[C@]12C. The Balaban J connectivity index is 1.75. The van der Waals surface area contributed by atoms with Crippen molar-refractivity contribution in [3.63, 3.8) is 0 Å². The van der Waals surface area contributed by atoms with Gasteiger partial charge in [0.2, 0.25) is 0 Å². The summed E-state index contributed by atoms with van der Waals surface area (Å²) in [5.41, 5.74) is -0.0319. The van der Waals surface area contributed by atoms with E-state index in [1.54, 1.807) is 6.92 Å². The second-order valence-electron chi connectivity index (χ2n) is 11.2. The van der Waals surface area contributed by atoms with Crippen molar-refractivity contribution in [2.75, 3.05) is 5.88 Å². The van der Waals surface area contributed by atoms with Crippen LogP contribution in [0.25, 0.3) is 0 Å². The molecule has 0 spiro atoms. The van der Waals surface area contributed by atoms with E-state index in [0.717, 1.165) is 44.9 Å². The molecule has 1 N–H and O–H groups in total. The number of carbonyl (C=O) groups excluding carboxylic acids is 2. The Morgan fingerprint density at radius 2 is 1.83 bits per heavy atom. The van der Waals surface area contributed by atoms with Gasteiger partial charge in [-0.3, -0.25) is 9.59 Å². The van der Waals surface area contributed by atoms with E-state index in [9.17, 15) is 14.7 Å². The van der Waals surface area contributed by atoms with E-state index in [2.05, 4.69) is 20.8 Å². The van der Waals surface area contributed by atoms with E-state index in [-0.39, 0.29) is 46.6 Å². The zero-order chi connectivity index (χ0) is 21.1. The van der Waals surface area contributed by atoms with E-state index < -0.39 is 0 Å². The average molecular weight is 425 g/mol. The monoisotopic (exact) mass is 424 g/mol. The molecule has 0 unspecified atom stereocenters. The fourth-order valence-electron chi connectivity index (χ4n) is 8.79. The first-order valence-corrected chi connectivity index (χ1v) is 12.1. The summed E-state index contributed by atoms with van der Waals surface area (Å²) in [4.78, 5) is 24.8. The van der Waals surface area contributed by atoms with Gasteiger partial charge in [-0.25, -0.2) is 0 Å². The third kappa shape index (κ3) is 3.28. The van der Waals surface area contributed by atoms with E-state index in [0.29, 0.717) is 29.6 Å². The predicted molar refractivity (Wildman–Crippen MR) is 112 cm³/mol. The highest BCUT2D eigenvalue weighted by Crippen LogP contribution is 2.68. The van der Waals surface area contributed by atoms with Crippen LogP contribution >= 0.6 is 11.6 Å². The first-order chi connectivity index (χ1) is 13.6. The van der Waals surface area contributed by atoms with Crippen molar-refractivity contribution in [2.45, 2.75) is 84.8 Å². The maximum Gasteiger partial charge on any atom is 0.321 e. The van der Waals surface area contributed by atoms with Crippen molar-refractivity contribution in [2.24, 2.45) is 46.3 Å². The molecular formula is C24H37ClO4. The minimum Gasteiger partial charge on any atom is -0.461 e. The molecule has 5 heteroatoms. The lowest BCUT2D eigenvalue weighted by molar-refractivity contribution is -0.206. The average Bonchev–Trinajstić information content (AvgIpc) is 3.00. The van der Waals surface area contributed by atoms with Crippen LogP contribution in [-0.2, 0) is 14.3 Å². The van der Waals surface area contributed by atoms with Crippen LogP contribution in [0.5, 0.6) is 0 Å². The number of aliphatic hydroxyl groups is 1. The van der Waals surface area contributed by atoms with Gasteiger partial charge in [-0.05, 0) is 86.4 Å². The Morgan fingerprint density at radius 3 is 2.48 bits per heavy atom. The van der Waals surface area contributed by atoms with Crippen molar-refractivity contribution in [3.05, 3.63) is 0 Å². The molecule has 0 aliphatic heterocycles. The highest BCUT2D eigenvalue weighted by Gasteiger charge is 2.65. The van der Waals surface area contributed by atoms with Crippen LogP contribution in [0, 0.1) is 46.3 Å². The molecule has 0 heterocycles. The number of halogens is 1. The number of ketones is 1. The van der Waals surface area contributed by atoms with Gasteiger partial charge in [-0.2, -0.15) is 0 Å². The number of ether oxygens (including phenoxy) is 1. The van der Waals surface area contributed by atoms with Gasteiger partial charge in [0.1, 0.15) is 17.8 Å². The molecule has 0 bridgehead atoms. The van der Waals surface area contributed by atoms with Crippen LogP contribution in [0.4, 0.5) is 0 Å². The van der Waals surface area contributed by atoms with Gasteiger partial charge in [-0.15, -0.1) is 11.6 Å². The number of fused-ring (bicyclic) bond motifs is 5. The van der Waals surface area contributed by atoms with Gasteiger partial charge in [-0.1, -0.05) is 20.8 Å². The zero-order valence-corrected chi connectivity index (χ0v) is 19.1. The maximum absolute atomic E-state index is 12.5. The van der Waals surface area contributed by atoms with Crippen LogP contribution < -0.4 is 0 Å². The van der Waals surface area contributed by atoms with E-state index in [1.807, 2.05) is 0 Å². The minimum atomic E-state index is -0.343. The number of hydrogen-bond donors (Lipinski definition) is 1. The summed E-state index contributed by atoms with van der Waals surface area (Å²) in [6.45, 7) is 8.74. The highest BCUT2D eigenvalue weighted by molar-refractivity contribution is 6.26. The molecule has 4 saturated carbocycles. The molecule has 0 aromatic heterocycles. The fourth-order valence-corrected chi connectivity index (χ4v) is 8.85. The van der Waals surface area contributed by atoms with Crippen molar-refractivity contribution in [1.82, 2.24) is 0 Å².